The van der Waals surface area contributed by atoms with E-state index in [4.69, 9.17) is 14.2 Å². The third-order valence-electron chi connectivity index (χ3n) is 5.60. The van der Waals surface area contributed by atoms with Crippen molar-refractivity contribution >= 4 is 56.4 Å². The van der Waals surface area contributed by atoms with Crippen LogP contribution in [0.4, 0.5) is 21.0 Å². The number of hydrogen-bond donors (Lipinski definition) is 2. The third kappa shape index (κ3) is 7.83. The summed E-state index contributed by atoms with van der Waals surface area (Å²) < 4.78 is 18.1. The second kappa shape index (κ2) is 11.9. The summed E-state index contributed by atoms with van der Waals surface area (Å²) in [5.74, 6) is -0.260. The van der Waals surface area contributed by atoms with Crippen molar-refractivity contribution in [2.75, 3.05) is 37.0 Å². The molecule has 12 heteroatoms. The lowest BCUT2D eigenvalue weighted by atomic mass is 10.0. The number of aromatic nitrogens is 2. The van der Waals surface area contributed by atoms with Crippen molar-refractivity contribution in [3.05, 3.63) is 16.9 Å². The number of fused-ring (bicyclic) bond motifs is 1. The number of hydrogen-bond acceptors (Lipinski definition) is 8. The molecule has 0 saturated carbocycles. The lowest BCUT2D eigenvalue weighted by molar-refractivity contribution is -0.117. The van der Waals surface area contributed by atoms with E-state index in [1.165, 1.54) is 17.9 Å². The van der Waals surface area contributed by atoms with Gasteiger partial charge in [-0.3, -0.25) is 4.79 Å². The number of carbonyl (C=O) groups is 3. The second-order valence-electron chi connectivity index (χ2n) is 11.3. The highest BCUT2D eigenvalue weighted by Crippen LogP contribution is 2.40. The Hall–Kier alpha value is -2.86. The number of amides is 2. The van der Waals surface area contributed by atoms with Crippen LogP contribution in [0.25, 0.3) is 11.0 Å². The molecular formula is C26H38BrN5O6. The monoisotopic (exact) mass is 595 g/mol. The van der Waals surface area contributed by atoms with Gasteiger partial charge in [0, 0.05) is 38.6 Å². The van der Waals surface area contributed by atoms with Crippen molar-refractivity contribution in [1.82, 2.24) is 14.9 Å². The zero-order chi connectivity index (χ0) is 28.3. The molecule has 3 heterocycles. The molecule has 1 atom stereocenters. The van der Waals surface area contributed by atoms with Gasteiger partial charge < -0.3 is 29.7 Å². The summed E-state index contributed by atoms with van der Waals surface area (Å²) >= 11 is 3.63. The highest BCUT2D eigenvalue weighted by atomic mass is 79.9. The van der Waals surface area contributed by atoms with Crippen LogP contribution in [0, 0.1) is 0 Å². The Morgan fingerprint density at radius 3 is 2.45 bits per heavy atom. The quantitative estimate of drug-likeness (QED) is 0.475. The minimum atomic E-state index is -0.721. The summed E-state index contributed by atoms with van der Waals surface area (Å²) in [6.45, 7) is 12.3. The first-order valence-corrected chi connectivity index (χ1v) is 13.4. The second-order valence-corrected chi connectivity index (χ2v) is 12.1. The van der Waals surface area contributed by atoms with Crippen molar-refractivity contribution < 1.29 is 28.6 Å². The Balaban J connectivity index is 2.02. The van der Waals surface area contributed by atoms with Crippen molar-refractivity contribution in [2.45, 2.75) is 78.0 Å². The molecular weight excluding hydrogens is 558 g/mol. The van der Waals surface area contributed by atoms with Gasteiger partial charge in [0.25, 0.3) is 0 Å². The zero-order valence-corrected chi connectivity index (χ0v) is 24.7. The molecule has 0 bridgehead atoms. The molecule has 1 unspecified atom stereocenters. The molecule has 210 valence electrons. The predicted molar refractivity (Wildman–Crippen MR) is 149 cm³/mol. The number of anilines is 2. The average Bonchev–Trinajstić information content (AvgIpc) is 3.13. The highest BCUT2D eigenvalue weighted by Gasteiger charge is 2.30. The number of halogens is 1. The molecule has 3 rings (SSSR count). The zero-order valence-electron chi connectivity index (χ0n) is 23.1. The molecule has 0 radical (unpaired) electrons. The summed E-state index contributed by atoms with van der Waals surface area (Å²) in [6, 6.07) is -0.151. The summed E-state index contributed by atoms with van der Waals surface area (Å²) in [6.07, 6.45) is 3.85. The Labute approximate surface area is 231 Å². The van der Waals surface area contributed by atoms with Gasteiger partial charge in [-0.1, -0.05) is 0 Å². The molecule has 1 aliphatic heterocycles. The first-order chi connectivity index (χ1) is 17.7. The van der Waals surface area contributed by atoms with E-state index >= 15 is 0 Å². The Morgan fingerprint density at radius 2 is 1.82 bits per heavy atom. The molecule has 1 fully saturated rings. The fourth-order valence-corrected chi connectivity index (χ4v) is 4.74. The van der Waals surface area contributed by atoms with Gasteiger partial charge in [0.2, 0.25) is 5.91 Å². The molecule has 2 N–H and O–H groups in total. The van der Waals surface area contributed by atoms with Crippen molar-refractivity contribution in [1.29, 1.82) is 0 Å². The maximum Gasteiger partial charge on any atom is 0.420 e. The van der Waals surface area contributed by atoms with Crippen molar-refractivity contribution in [3.63, 3.8) is 0 Å². The minimum Gasteiger partial charge on any atom is -0.444 e. The summed E-state index contributed by atoms with van der Waals surface area (Å²) in [7, 11) is 1.53. The van der Waals surface area contributed by atoms with Crippen LogP contribution >= 0.6 is 15.9 Å². The maximum atomic E-state index is 13.1. The largest absolute Gasteiger partial charge is 0.444 e. The summed E-state index contributed by atoms with van der Waals surface area (Å²) in [5, 5.41) is 6.47. The van der Waals surface area contributed by atoms with Crippen LogP contribution in [0.5, 0.6) is 0 Å². The number of pyridine rings is 1. The van der Waals surface area contributed by atoms with E-state index < -0.39 is 23.4 Å². The first kappa shape index (κ1) is 29.7. The number of nitrogens with one attached hydrogen (secondary N) is 2. The third-order valence-corrected chi connectivity index (χ3v) is 6.18. The van der Waals surface area contributed by atoms with E-state index in [2.05, 4.69) is 36.4 Å². The van der Waals surface area contributed by atoms with Gasteiger partial charge in [-0.2, -0.15) is 0 Å². The molecule has 1 saturated heterocycles. The Kier molecular flexibility index (Phi) is 9.30. The van der Waals surface area contributed by atoms with Gasteiger partial charge in [0.1, 0.15) is 11.2 Å². The predicted octanol–water partition coefficient (Wildman–Crippen LogP) is 5.05. The molecule has 0 aliphatic carbocycles. The Morgan fingerprint density at radius 1 is 1.13 bits per heavy atom. The normalized spacial score (nSPS) is 16.3. The van der Waals surface area contributed by atoms with Crippen LogP contribution in [0.3, 0.4) is 0 Å². The summed E-state index contributed by atoms with van der Waals surface area (Å²) in [5.41, 5.74) is 0.218. The topological polar surface area (TPSA) is 124 Å². The standard InChI is InChI=1S/C26H38BrN5O6/c1-25(2,3)37-23(34)29-16-9-8-11-31(14-16)21-17(27)13-28-22-20(21)18(30-19(33)10-12-36-7)15-32(22)24(35)38-26(4,5)6/h13,15-16H,8-12,14H2,1-7H3,(H,29,34)(H,30,33). The van der Waals surface area contributed by atoms with E-state index in [1.54, 1.807) is 27.0 Å². The molecule has 1 aliphatic rings. The number of alkyl carbamates (subject to hydrolysis) is 1. The molecule has 0 aromatic carbocycles. The van der Waals surface area contributed by atoms with Crippen molar-refractivity contribution in [2.24, 2.45) is 0 Å². The lowest BCUT2D eigenvalue weighted by Crippen LogP contribution is -2.49. The number of nitrogens with zero attached hydrogens (tertiary/aromatic N) is 3. The lowest BCUT2D eigenvalue weighted by Gasteiger charge is -2.36. The number of methoxy groups -OCH3 is 1. The van der Waals surface area contributed by atoms with Gasteiger partial charge in [-0.05, 0) is 70.3 Å². The fraction of sp³-hybridized carbons (Fsp3) is 0.615. The van der Waals surface area contributed by atoms with Gasteiger partial charge in [0.05, 0.1) is 34.3 Å². The number of carbonyl (C=O) groups excluding carboxylic acids is 3. The highest BCUT2D eigenvalue weighted by molar-refractivity contribution is 9.10. The van der Waals surface area contributed by atoms with Crippen LogP contribution < -0.4 is 15.5 Å². The van der Waals surface area contributed by atoms with Crippen molar-refractivity contribution in [3.8, 4) is 0 Å². The number of piperidine rings is 1. The van der Waals surface area contributed by atoms with Crippen LogP contribution in [-0.2, 0) is 19.0 Å². The number of rotatable bonds is 6. The van der Waals surface area contributed by atoms with E-state index in [1.807, 2.05) is 20.8 Å². The van der Waals surface area contributed by atoms with Crippen LogP contribution in [-0.4, -0.2) is 71.7 Å². The van der Waals surface area contributed by atoms with Crippen LogP contribution in [0.15, 0.2) is 16.9 Å². The van der Waals surface area contributed by atoms with Gasteiger partial charge in [0.15, 0.2) is 5.65 Å². The van der Waals surface area contributed by atoms with E-state index in [0.717, 1.165) is 18.5 Å². The molecule has 0 spiro atoms. The number of ether oxygens (including phenoxy) is 3. The Bertz CT molecular complexity index is 1180. The van der Waals surface area contributed by atoms with Gasteiger partial charge in [-0.15, -0.1) is 0 Å². The smallest absolute Gasteiger partial charge is 0.420 e. The van der Waals surface area contributed by atoms with Crippen LogP contribution in [0.1, 0.15) is 60.8 Å². The SMILES string of the molecule is COCCC(=O)Nc1cn(C(=O)OC(C)(C)C)c2ncc(Br)c(N3CCCC(NC(=O)OC(C)(C)C)C3)c12. The van der Waals surface area contributed by atoms with Crippen LogP contribution in [0.2, 0.25) is 0 Å². The molecule has 2 amide bonds. The fourth-order valence-electron chi connectivity index (χ4n) is 4.19. The van der Waals surface area contributed by atoms with E-state index in [9.17, 15) is 14.4 Å². The molecule has 2 aromatic heterocycles. The molecule has 11 nitrogen and oxygen atoms in total. The summed E-state index contributed by atoms with van der Waals surface area (Å²) in [4.78, 5) is 44.8. The van der Waals surface area contributed by atoms with E-state index in [0.29, 0.717) is 34.3 Å². The van der Waals surface area contributed by atoms with Gasteiger partial charge in [-0.25, -0.2) is 19.1 Å². The minimum absolute atomic E-state index is 0.151. The molecule has 38 heavy (non-hydrogen) atoms. The van der Waals surface area contributed by atoms with E-state index in [-0.39, 0.29) is 25.0 Å². The molecule has 2 aromatic rings. The first-order valence-electron chi connectivity index (χ1n) is 12.6. The average molecular weight is 597 g/mol. The maximum absolute atomic E-state index is 13.1. The van der Waals surface area contributed by atoms with Gasteiger partial charge >= 0.3 is 12.2 Å².